The maximum Gasteiger partial charge on any atom is 0.238 e. The third-order valence-electron chi connectivity index (χ3n) is 6.66. The second-order valence-electron chi connectivity index (χ2n) is 10.5. The molecular formula is C29H27FN10O3S. The molecule has 0 spiro atoms. The molecule has 0 radical (unpaired) electrons. The standard InChI is InChI=1S/C29H27FN10O3S/c1-40(2)15-24(41)35-21-9-18(12-31-14-21)19-10-23-26(38-39-27(23)33-13-19)29-36-25-22(4-5-32-28(25)37-29)17-6-16(7-20(30)8-17)11-34-44(3,42)43/h4-10,12-14,34H,11,15H2,1-3H3,(H,35,41)(H,32,36,37)(H,33,38,39). The van der Waals surface area contributed by atoms with Gasteiger partial charge in [-0.1, -0.05) is 0 Å². The fraction of sp³-hybridized carbons (Fsp3) is 0.172. The number of fused-ring (bicyclic) bond motifs is 2. The van der Waals surface area contributed by atoms with Crippen LogP contribution in [0.25, 0.3) is 56.0 Å². The molecule has 6 aromatic rings. The van der Waals surface area contributed by atoms with E-state index in [9.17, 15) is 17.6 Å². The number of nitrogens with one attached hydrogen (secondary N) is 4. The van der Waals surface area contributed by atoms with Crippen molar-refractivity contribution in [2.45, 2.75) is 6.54 Å². The third-order valence-corrected chi connectivity index (χ3v) is 7.33. The molecule has 224 valence electrons. The van der Waals surface area contributed by atoms with Crippen molar-refractivity contribution < 1.29 is 17.6 Å². The van der Waals surface area contributed by atoms with Gasteiger partial charge in [0.25, 0.3) is 0 Å². The Bertz CT molecular complexity index is 2140. The van der Waals surface area contributed by atoms with E-state index >= 15 is 0 Å². The van der Waals surface area contributed by atoms with E-state index in [-0.39, 0.29) is 19.0 Å². The predicted octanol–water partition coefficient (Wildman–Crippen LogP) is 3.31. The number of amides is 1. The van der Waals surface area contributed by atoms with E-state index < -0.39 is 15.8 Å². The van der Waals surface area contributed by atoms with E-state index in [1.54, 1.807) is 41.8 Å². The second kappa shape index (κ2) is 11.5. The number of carbonyl (C=O) groups excluding carboxylic acids is 1. The number of sulfonamides is 1. The number of pyridine rings is 3. The number of aromatic amines is 2. The van der Waals surface area contributed by atoms with Crippen LogP contribution in [-0.2, 0) is 21.4 Å². The molecule has 6 rings (SSSR count). The first-order valence-electron chi connectivity index (χ1n) is 13.4. The van der Waals surface area contributed by atoms with Crippen LogP contribution in [0.2, 0.25) is 0 Å². The Morgan fingerprint density at radius 2 is 1.82 bits per heavy atom. The summed E-state index contributed by atoms with van der Waals surface area (Å²) in [6.07, 6.45) is 7.55. The number of halogens is 1. The highest BCUT2D eigenvalue weighted by molar-refractivity contribution is 7.88. The number of anilines is 1. The van der Waals surface area contributed by atoms with Gasteiger partial charge in [0.15, 0.2) is 17.1 Å². The SMILES string of the molecule is CN(C)CC(=O)Nc1cncc(-c2cnc3n[nH]c(-c4nc5nccc(-c6cc(F)cc(CNS(C)(=O)=O)c6)c5[nH]4)c3c2)c1. The second-order valence-corrected chi connectivity index (χ2v) is 12.4. The molecule has 1 amide bonds. The van der Waals surface area contributed by atoms with Crippen molar-refractivity contribution in [2.75, 3.05) is 32.2 Å². The van der Waals surface area contributed by atoms with Gasteiger partial charge in [-0.2, -0.15) is 5.10 Å². The number of hydrogen-bond acceptors (Lipinski definition) is 9. The van der Waals surface area contributed by atoms with Crippen LogP contribution < -0.4 is 10.0 Å². The zero-order valence-electron chi connectivity index (χ0n) is 23.9. The van der Waals surface area contributed by atoms with Gasteiger partial charge in [0.2, 0.25) is 15.9 Å². The lowest BCUT2D eigenvalue weighted by Crippen LogP contribution is -2.27. The maximum absolute atomic E-state index is 14.6. The summed E-state index contributed by atoms with van der Waals surface area (Å²) >= 11 is 0. The Morgan fingerprint density at radius 1 is 1.00 bits per heavy atom. The smallest absolute Gasteiger partial charge is 0.238 e. The van der Waals surface area contributed by atoms with Crippen molar-refractivity contribution in [1.82, 2.24) is 44.7 Å². The number of H-pyrrole nitrogens is 2. The number of nitrogens with zero attached hydrogens (tertiary/aromatic N) is 6. The highest BCUT2D eigenvalue weighted by Gasteiger charge is 2.18. The van der Waals surface area contributed by atoms with Crippen LogP contribution in [0.3, 0.4) is 0 Å². The molecule has 0 aliphatic rings. The van der Waals surface area contributed by atoms with Crippen LogP contribution in [0, 0.1) is 5.82 Å². The van der Waals surface area contributed by atoms with Crippen molar-refractivity contribution in [3.63, 3.8) is 0 Å². The minimum Gasteiger partial charge on any atom is -0.335 e. The lowest BCUT2D eigenvalue weighted by Gasteiger charge is -2.10. The fourth-order valence-corrected chi connectivity index (χ4v) is 5.21. The molecule has 44 heavy (non-hydrogen) atoms. The zero-order valence-corrected chi connectivity index (χ0v) is 24.7. The van der Waals surface area contributed by atoms with Gasteiger partial charge in [-0.05, 0) is 61.6 Å². The quantitative estimate of drug-likeness (QED) is 0.190. The van der Waals surface area contributed by atoms with Crippen molar-refractivity contribution in [3.05, 3.63) is 72.6 Å². The van der Waals surface area contributed by atoms with Crippen molar-refractivity contribution in [2.24, 2.45) is 0 Å². The molecule has 0 bridgehead atoms. The van der Waals surface area contributed by atoms with E-state index in [0.29, 0.717) is 56.1 Å². The first kappa shape index (κ1) is 29.0. The Hall–Kier alpha value is -5.12. The van der Waals surface area contributed by atoms with Gasteiger partial charge >= 0.3 is 0 Å². The first-order chi connectivity index (χ1) is 21.0. The van der Waals surface area contributed by atoms with Crippen LogP contribution in [0.4, 0.5) is 10.1 Å². The minimum atomic E-state index is -3.45. The molecule has 1 aromatic carbocycles. The lowest BCUT2D eigenvalue weighted by atomic mass is 10.0. The largest absolute Gasteiger partial charge is 0.335 e. The third kappa shape index (κ3) is 6.29. The van der Waals surface area contributed by atoms with E-state index in [2.05, 4.69) is 45.2 Å². The topological polar surface area (TPSA) is 175 Å². The number of hydrogen-bond donors (Lipinski definition) is 4. The van der Waals surface area contributed by atoms with Crippen LogP contribution in [-0.4, -0.2) is 81.2 Å². The number of carbonyl (C=O) groups is 1. The molecule has 5 heterocycles. The summed E-state index contributed by atoms with van der Waals surface area (Å²) in [4.78, 5) is 35.1. The van der Waals surface area contributed by atoms with Crippen molar-refractivity contribution >= 4 is 43.8 Å². The molecule has 4 N–H and O–H groups in total. The van der Waals surface area contributed by atoms with E-state index in [0.717, 1.165) is 17.4 Å². The predicted molar refractivity (Wildman–Crippen MR) is 164 cm³/mol. The molecule has 0 atom stereocenters. The van der Waals surface area contributed by atoms with Crippen molar-refractivity contribution in [3.8, 4) is 33.8 Å². The van der Waals surface area contributed by atoms with Gasteiger partial charge in [0.05, 0.1) is 35.6 Å². The van der Waals surface area contributed by atoms with Crippen LogP contribution in [0.15, 0.2) is 61.2 Å². The summed E-state index contributed by atoms with van der Waals surface area (Å²) in [5, 5.41) is 10.9. The van der Waals surface area contributed by atoms with Gasteiger partial charge < -0.3 is 15.2 Å². The maximum atomic E-state index is 14.6. The monoisotopic (exact) mass is 614 g/mol. The number of rotatable bonds is 9. The molecular weight excluding hydrogens is 587 g/mol. The number of benzene rings is 1. The summed E-state index contributed by atoms with van der Waals surface area (Å²) in [7, 11) is 0.177. The zero-order chi connectivity index (χ0) is 31.0. The van der Waals surface area contributed by atoms with Crippen LogP contribution >= 0.6 is 0 Å². The average Bonchev–Trinajstić information content (AvgIpc) is 3.59. The molecule has 0 aliphatic carbocycles. The van der Waals surface area contributed by atoms with Crippen LogP contribution in [0.1, 0.15) is 5.56 Å². The Labute approximate surface area is 251 Å². The summed E-state index contributed by atoms with van der Waals surface area (Å²) in [6, 6.07) is 9.81. The molecule has 0 unspecified atom stereocenters. The van der Waals surface area contributed by atoms with E-state index in [1.165, 1.54) is 12.1 Å². The Balaban J connectivity index is 1.36. The highest BCUT2D eigenvalue weighted by Crippen LogP contribution is 2.32. The number of imidazole rings is 1. The highest BCUT2D eigenvalue weighted by atomic mass is 32.2. The van der Waals surface area contributed by atoms with Gasteiger partial charge in [-0.15, -0.1) is 0 Å². The van der Waals surface area contributed by atoms with Gasteiger partial charge in [0.1, 0.15) is 11.5 Å². The summed E-state index contributed by atoms with van der Waals surface area (Å²) in [5.74, 6) is -0.219. The number of aromatic nitrogens is 7. The van der Waals surface area contributed by atoms with Gasteiger partial charge in [-0.25, -0.2) is 32.5 Å². The summed E-state index contributed by atoms with van der Waals surface area (Å²) in [6.45, 7) is 0.188. The van der Waals surface area contributed by atoms with Crippen molar-refractivity contribution in [1.29, 1.82) is 0 Å². The molecule has 0 aliphatic heterocycles. The Morgan fingerprint density at radius 3 is 2.61 bits per heavy atom. The molecule has 0 fully saturated rings. The molecule has 5 aromatic heterocycles. The molecule has 13 nitrogen and oxygen atoms in total. The van der Waals surface area contributed by atoms with E-state index in [4.69, 9.17) is 0 Å². The summed E-state index contributed by atoms with van der Waals surface area (Å²) in [5.41, 5.74) is 5.68. The average molecular weight is 615 g/mol. The number of likely N-dealkylation sites (N-methyl/N-ethyl adjacent to an activating group) is 1. The normalized spacial score (nSPS) is 11.9. The minimum absolute atomic E-state index is 0.0532. The summed E-state index contributed by atoms with van der Waals surface area (Å²) < 4.78 is 40.1. The van der Waals surface area contributed by atoms with Crippen LogP contribution in [0.5, 0.6) is 0 Å². The molecule has 0 saturated carbocycles. The van der Waals surface area contributed by atoms with E-state index in [1.807, 2.05) is 26.2 Å². The molecule has 0 saturated heterocycles. The first-order valence-corrected chi connectivity index (χ1v) is 15.3. The van der Waals surface area contributed by atoms with Gasteiger partial charge in [0, 0.05) is 41.8 Å². The fourth-order valence-electron chi connectivity index (χ4n) is 4.78. The molecule has 15 heteroatoms. The van der Waals surface area contributed by atoms with Gasteiger partial charge in [-0.3, -0.25) is 14.9 Å². The Kier molecular flexibility index (Phi) is 7.59. The lowest BCUT2D eigenvalue weighted by molar-refractivity contribution is -0.116.